The first kappa shape index (κ1) is 9.72. The Hall–Kier alpha value is -0.820. The van der Waals surface area contributed by atoms with Gasteiger partial charge < -0.3 is 5.11 Å². The summed E-state index contributed by atoms with van der Waals surface area (Å²) in [4.78, 5) is 0. The lowest BCUT2D eigenvalue weighted by Gasteiger charge is -2.10. The van der Waals surface area contributed by atoms with Crippen molar-refractivity contribution in [1.29, 1.82) is 0 Å². The maximum atomic E-state index is 9.05. The Labute approximate surface area is 85.8 Å². The van der Waals surface area contributed by atoms with E-state index in [1.807, 2.05) is 0 Å². The van der Waals surface area contributed by atoms with Crippen molar-refractivity contribution < 1.29 is 5.11 Å². The Balaban J connectivity index is 2.35. The van der Waals surface area contributed by atoms with Crippen LogP contribution in [0, 0.1) is 6.61 Å². The van der Waals surface area contributed by atoms with Crippen LogP contribution in [0.4, 0.5) is 0 Å². The van der Waals surface area contributed by atoms with Crippen molar-refractivity contribution >= 4 is 0 Å². The minimum atomic E-state index is 0.535. The average Bonchev–Trinajstić information content (AvgIpc) is 3.00. The highest BCUT2D eigenvalue weighted by Crippen LogP contribution is 2.41. The number of hydrogen-bond acceptors (Lipinski definition) is 1. The second kappa shape index (κ2) is 3.74. The molecule has 1 saturated carbocycles. The van der Waals surface area contributed by atoms with Gasteiger partial charge in [-0.1, -0.05) is 32.0 Å². The lowest BCUT2D eigenvalue weighted by molar-refractivity contribution is 0.414. The molecule has 0 saturated heterocycles. The van der Waals surface area contributed by atoms with Gasteiger partial charge in [-0.05, 0) is 41.4 Å². The second-order valence-corrected chi connectivity index (χ2v) is 4.49. The van der Waals surface area contributed by atoms with Gasteiger partial charge in [0.05, 0.1) is 0 Å². The van der Waals surface area contributed by atoms with E-state index < -0.39 is 0 Å². The van der Waals surface area contributed by atoms with Crippen molar-refractivity contribution in [3.05, 3.63) is 41.5 Å². The van der Waals surface area contributed by atoms with E-state index in [9.17, 15) is 0 Å². The summed E-state index contributed by atoms with van der Waals surface area (Å²) in [5, 5.41) is 9.05. The lowest BCUT2D eigenvalue weighted by atomic mass is 9.96. The molecule has 1 radical (unpaired) electrons. The molecule has 0 spiro atoms. The van der Waals surface area contributed by atoms with Crippen LogP contribution in [0.2, 0.25) is 0 Å². The largest absolute Gasteiger partial charge is 0.385 e. The summed E-state index contributed by atoms with van der Waals surface area (Å²) >= 11 is 0. The van der Waals surface area contributed by atoms with Gasteiger partial charge in [-0.15, -0.1) is 0 Å². The molecular formula is C13H17O. The van der Waals surface area contributed by atoms with Crippen molar-refractivity contribution in [1.82, 2.24) is 0 Å². The third-order valence-corrected chi connectivity index (χ3v) is 2.86. The van der Waals surface area contributed by atoms with E-state index >= 15 is 0 Å². The molecule has 1 fully saturated rings. The quantitative estimate of drug-likeness (QED) is 0.770. The van der Waals surface area contributed by atoms with Gasteiger partial charge in [0.25, 0.3) is 0 Å². The molecule has 1 heteroatoms. The summed E-state index contributed by atoms with van der Waals surface area (Å²) in [5.41, 5.74) is 3.67. The standard InChI is InChI=1S/C13H17O/c1-9(2)12-5-10(8-14)6-13(7-12)11-3-4-11/h5-9,11,14H,3-4H2,1-2H3. The molecule has 0 amide bonds. The summed E-state index contributed by atoms with van der Waals surface area (Å²) in [7, 11) is 0. The molecule has 1 aromatic carbocycles. The molecule has 0 unspecified atom stereocenters. The van der Waals surface area contributed by atoms with Crippen molar-refractivity contribution in [3.8, 4) is 0 Å². The van der Waals surface area contributed by atoms with Crippen LogP contribution >= 0.6 is 0 Å². The van der Waals surface area contributed by atoms with E-state index in [1.54, 1.807) is 0 Å². The van der Waals surface area contributed by atoms with Crippen LogP contribution in [-0.2, 0) is 0 Å². The Morgan fingerprint density at radius 3 is 2.50 bits per heavy atom. The zero-order chi connectivity index (χ0) is 10.1. The van der Waals surface area contributed by atoms with Gasteiger partial charge in [-0.2, -0.15) is 0 Å². The minimum Gasteiger partial charge on any atom is -0.385 e. The van der Waals surface area contributed by atoms with Crippen molar-refractivity contribution in [3.63, 3.8) is 0 Å². The highest BCUT2D eigenvalue weighted by molar-refractivity contribution is 5.37. The second-order valence-electron chi connectivity index (χ2n) is 4.49. The third-order valence-electron chi connectivity index (χ3n) is 2.86. The first-order chi connectivity index (χ1) is 6.70. The molecule has 0 aromatic heterocycles. The fraction of sp³-hybridized carbons (Fsp3) is 0.462. The average molecular weight is 189 g/mol. The zero-order valence-electron chi connectivity index (χ0n) is 8.83. The Morgan fingerprint density at radius 1 is 1.29 bits per heavy atom. The Morgan fingerprint density at radius 2 is 2.00 bits per heavy atom. The fourth-order valence-electron chi connectivity index (χ4n) is 1.76. The molecule has 1 aliphatic rings. The van der Waals surface area contributed by atoms with Crippen LogP contribution in [-0.4, -0.2) is 5.11 Å². The predicted molar refractivity (Wildman–Crippen MR) is 57.8 cm³/mol. The Bertz CT molecular complexity index is 304. The van der Waals surface area contributed by atoms with E-state index in [-0.39, 0.29) is 0 Å². The minimum absolute atomic E-state index is 0.535. The zero-order valence-corrected chi connectivity index (χ0v) is 8.83. The SMILES string of the molecule is CC(C)c1cc([CH]O)cc(C2CC2)c1. The molecule has 0 heterocycles. The van der Waals surface area contributed by atoms with Gasteiger partial charge in [0.15, 0.2) is 0 Å². The monoisotopic (exact) mass is 189 g/mol. The van der Waals surface area contributed by atoms with Crippen molar-refractivity contribution in [2.24, 2.45) is 0 Å². The van der Waals surface area contributed by atoms with Crippen LogP contribution in [0.15, 0.2) is 18.2 Å². The summed E-state index contributed by atoms with van der Waals surface area (Å²) in [5.74, 6) is 1.29. The molecule has 0 aliphatic heterocycles. The van der Waals surface area contributed by atoms with E-state index in [2.05, 4.69) is 32.0 Å². The molecule has 2 rings (SSSR count). The summed E-state index contributed by atoms with van der Waals surface area (Å²) in [6.07, 6.45) is 2.62. The Kier molecular flexibility index (Phi) is 2.60. The first-order valence-corrected chi connectivity index (χ1v) is 5.33. The summed E-state index contributed by atoms with van der Waals surface area (Å²) < 4.78 is 0. The van der Waals surface area contributed by atoms with Gasteiger partial charge in [0, 0.05) is 0 Å². The molecule has 14 heavy (non-hydrogen) atoms. The normalized spacial score (nSPS) is 16.3. The molecule has 1 aromatic rings. The number of hydrogen-bond donors (Lipinski definition) is 1. The third kappa shape index (κ3) is 1.98. The number of rotatable bonds is 3. The van der Waals surface area contributed by atoms with Gasteiger partial charge >= 0.3 is 0 Å². The van der Waals surface area contributed by atoms with Gasteiger partial charge in [0.2, 0.25) is 0 Å². The van der Waals surface area contributed by atoms with Crippen LogP contribution < -0.4 is 0 Å². The van der Waals surface area contributed by atoms with Crippen LogP contribution in [0.3, 0.4) is 0 Å². The van der Waals surface area contributed by atoms with E-state index in [0.29, 0.717) is 5.92 Å². The molecule has 1 aliphatic carbocycles. The van der Waals surface area contributed by atoms with E-state index in [4.69, 9.17) is 5.11 Å². The van der Waals surface area contributed by atoms with Crippen molar-refractivity contribution in [2.45, 2.75) is 38.5 Å². The molecule has 0 atom stereocenters. The topological polar surface area (TPSA) is 20.2 Å². The fourth-order valence-corrected chi connectivity index (χ4v) is 1.76. The summed E-state index contributed by atoms with van der Waals surface area (Å²) in [6.45, 7) is 5.58. The van der Waals surface area contributed by atoms with E-state index in [0.717, 1.165) is 11.5 Å². The lowest BCUT2D eigenvalue weighted by Crippen LogP contribution is -1.93. The van der Waals surface area contributed by atoms with Gasteiger partial charge in [-0.25, -0.2) is 0 Å². The van der Waals surface area contributed by atoms with Gasteiger partial charge in [0.1, 0.15) is 6.61 Å². The highest BCUT2D eigenvalue weighted by atomic mass is 16.3. The highest BCUT2D eigenvalue weighted by Gasteiger charge is 2.24. The summed E-state index contributed by atoms with van der Waals surface area (Å²) in [6, 6.07) is 6.45. The van der Waals surface area contributed by atoms with Crippen LogP contribution in [0.1, 0.15) is 55.2 Å². The molecule has 1 N–H and O–H groups in total. The first-order valence-electron chi connectivity index (χ1n) is 5.33. The smallest absolute Gasteiger partial charge is 0.109 e. The number of aliphatic hydroxyl groups is 1. The predicted octanol–water partition coefficient (Wildman–Crippen LogP) is 3.57. The van der Waals surface area contributed by atoms with Crippen molar-refractivity contribution in [2.75, 3.05) is 0 Å². The number of benzene rings is 1. The molecule has 75 valence electrons. The van der Waals surface area contributed by atoms with Crippen LogP contribution in [0.25, 0.3) is 0 Å². The van der Waals surface area contributed by atoms with E-state index in [1.165, 1.54) is 30.6 Å². The molecule has 0 bridgehead atoms. The van der Waals surface area contributed by atoms with Gasteiger partial charge in [-0.3, -0.25) is 0 Å². The number of aliphatic hydroxyl groups excluding tert-OH is 1. The maximum absolute atomic E-state index is 9.05. The molecule has 1 nitrogen and oxygen atoms in total. The maximum Gasteiger partial charge on any atom is 0.109 e. The van der Waals surface area contributed by atoms with Crippen LogP contribution in [0.5, 0.6) is 0 Å². The molecular weight excluding hydrogens is 172 g/mol.